The molecule has 0 aliphatic carbocycles. The first-order valence-electron chi connectivity index (χ1n) is 9.76. The number of nitrogens with zero attached hydrogens (tertiary/aromatic N) is 1. The van der Waals surface area contributed by atoms with Gasteiger partial charge in [0.25, 0.3) is 11.7 Å². The summed E-state index contributed by atoms with van der Waals surface area (Å²) in [5.41, 5.74) is 1.86. The number of Topliss-reactive ketones (excluding diaryl/α,β-unsaturated/α-hetero) is 1. The lowest BCUT2D eigenvalue weighted by atomic mass is 9.95. The van der Waals surface area contributed by atoms with Crippen molar-refractivity contribution in [1.82, 2.24) is 0 Å². The molecule has 4 rings (SSSR count). The van der Waals surface area contributed by atoms with Crippen molar-refractivity contribution < 1.29 is 19.4 Å². The van der Waals surface area contributed by atoms with Crippen LogP contribution in [0.5, 0.6) is 5.75 Å². The lowest BCUT2D eigenvalue weighted by molar-refractivity contribution is -0.132. The number of ether oxygens (including phenoxy) is 1. The van der Waals surface area contributed by atoms with Crippen LogP contribution in [-0.2, 0) is 9.59 Å². The Morgan fingerprint density at radius 2 is 1.50 bits per heavy atom. The van der Waals surface area contributed by atoms with E-state index in [0.717, 1.165) is 5.56 Å². The lowest BCUT2D eigenvalue weighted by Gasteiger charge is -2.25. The van der Waals surface area contributed by atoms with Crippen LogP contribution in [0.25, 0.3) is 5.76 Å². The third-order valence-electron chi connectivity index (χ3n) is 5.03. The summed E-state index contributed by atoms with van der Waals surface area (Å²) in [6, 6.07) is 24.3. The van der Waals surface area contributed by atoms with Crippen LogP contribution in [0.1, 0.15) is 24.1 Å². The predicted octanol–water partition coefficient (Wildman–Crippen LogP) is 4.71. The first-order chi connectivity index (χ1) is 14.6. The SMILES string of the molecule is CCOc1ccc(/C(O)=C2\C(=O)C(=O)N(c3ccccc3)[C@@H]2c2ccccc2)cc1. The van der Waals surface area contributed by atoms with Gasteiger partial charge in [0.1, 0.15) is 11.5 Å². The van der Waals surface area contributed by atoms with E-state index < -0.39 is 17.7 Å². The van der Waals surface area contributed by atoms with Gasteiger partial charge in [-0.05, 0) is 48.9 Å². The number of hydrogen-bond donors (Lipinski definition) is 1. The maximum absolute atomic E-state index is 13.0. The van der Waals surface area contributed by atoms with Gasteiger partial charge in [-0.2, -0.15) is 0 Å². The van der Waals surface area contributed by atoms with Crippen molar-refractivity contribution in [1.29, 1.82) is 0 Å². The molecule has 0 unspecified atom stereocenters. The van der Waals surface area contributed by atoms with Gasteiger partial charge >= 0.3 is 0 Å². The van der Waals surface area contributed by atoms with Gasteiger partial charge in [0, 0.05) is 11.3 Å². The fraction of sp³-hybridized carbons (Fsp3) is 0.120. The Labute approximate surface area is 174 Å². The van der Waals surface area contributed by atoms with Crippen LogP contribution in [-0.4, -0.2) is 23.4 Å². The number of anilines is 1. The quantitative estimate of drug-likeness (QED) is 0.383. The molecule has 0 radical (unpaired) electrons. The van der Waals surface area contributed by atoms with E-state index in [9.17, 15) is 14.7 Å². The second kappa shape index (κ2) is 8.25. The van der Waals surface area contributed by atoms with Crippen molar-refractivity contribution in [2.45, 2.75) is 13.0 Å². The Balaban J connectivity index is 1.87. The van der Waals surface area contributed by atoms with E-state index in [0.29, 0.717) is 23.6 Å². The summed E-state index contributed by atoms with van der Waals surface area (Å²) >= 11 is 0. The lowest BCUT2D eigenvalue weighted by Crippen LogP contribution is -2.29. The molecule has 30 heavy (non-hydrogen) atoms. The summed E-state index contributed by atoms with van der Waals surface area (Å²) in [5.74, 6) is -0.913. The van der Waals surface area contributed by atoms with Gasteiger partial charge in [0.15, 0.2) is 0 Å². The molecule has 1 heterocycles. The van der Waals surface area contributed by atoms with Crippen LogP contribution in [0.3, 0.4) is 0 Å². The molecule has 1 saturated heterocycles. The highest BCUT2D eigenvalue weighted by Gasteiger charge is 2.46. The largest absolute Gasteiger partial charge is 0.507 e. The molecular weight excluding hydrogens is 378 g/mol. The number of aliphatic hydroxyl groups excluding tert-OH is 1. The van der Waals surface area contributed by atoms with Crippen molar-refractivity contribution in [3.8, 4) is 5.75 Å². The van der Waals surface area contributed by atoms with E-state index >= 15 is 0 Å². The summed E-state index contributed by atoms with van der Waals surface area (Å²) in [4.78, 5) is 27.5. The fourth-order valence-corrected chi connectivity index (χ4v) is 3.67. The smallest absolute Gasteiger partial charge is 0.300 e. The normalized spacial score (nSPS) is 17.9. The molecule has 1 aliphatic rings. The average Bonchev–Trinajstić information content (AvgIpc) is 3.06. The molecule has 0 bridgehead atoms. The van der Waals surface area contributed by atoms with Crippen molar-refractivity contribution in [2.75, 3.05) is 11.5 Å². The number of rotatable bonds is 5. The van der Waals surface area contributed by atoms with Gasteiger partial charge in [-0.25, -0.2) is 0 Å². The Morgan fingerprint density at radius 3 is 2.10 bits per heavy atom. The zero-order valence-corrected chi connectivity index (χ0v) is 16.5. The number of ketones is 1. The highest BCUT2D eigenvalue weighted by atomic mass is 16.5. The van der Waals surface area contributed by atoms with Crippen molar-refractivity contribution in [3.05, 3.63) is 102 Å². The number of hydrogen-bond acceptors (Lipinski definition) is 4. The van der Waals surface area contributed by atoms with Crippen molar-refractivity contribution >= 4 is 23.1 Å². The van der Waals surface area contributed by atoms with Gasteiger partial charge in [-0.3, -0.25) is 14.5 Å². The van der Waals surface area contributed by atoms with E-state index in [-0.39, 0.29) is 11.3 Å². The van der Waals surface area contributed by atoms with Crippen LogP contribution in [0.15, 0.2) is 90.5 Å². The Bertz CT molecular complexity index is 1090. The summed E-state index contributed by atoms with van der Waals surface area (Å²) in [7, 11) is 0. The number of para-hydroxylation sites is 1. The van der Waals surface area contributed by atoms with Crippen molar-refractivity contribution in [2.24, 2.45) is 0 Å². The molecule has 1 N–H and O–H groups in total. The Kier molecular flexibility index (Phi) is 5.35. The summed E-state index contributed by atoms with van der Waals surface area (Å²) < 4.78 is 5.44. The minimum atomic E-state index is -0.722. The Morgan fingerprint density at radius 1 is 0.900 bits per heavy atom. The molecule has 1 fully saturated rings. The molecule has 3 aromatic rings. The van der Waals surface area contributed by atoms with E-state index in [1.54, 1.807) is 36.4 Å². The van der Waals surface area contributed by atoms with Crippen LogP contribution in [0.4, 0.5) is 5.69 Å². The predicted molar refractivity (Wildman–Crippen MR) is 115 cm³/mol. The number of amides is 1. The molecule has 0 saturated carbocycles. The zero-order chi connectivity index (χ0) is 21.1. The van der Waals surface area contributed by atoms with Crippen LogP contribution < -0.4 is 9.64 Å². The van der Waals surface area contributed by atoms with Gasteiger partial charge < -0.3 is 9.84 Å². The molecule has 1 amide bonds. The maximum Gasteiger partial charge on any atom is 0.300 e. The maximum atomic E-state index is 13.0. The Hall–Kier alpha value is -3.86. The zero-order valence-electron chi connectivity index (χ0n) is 16.5. The van der Waals surface area contributed by atoms with E-state index in [1.165, 1.54) is 4.90 Å². The first kappa shape index (κ1) is 19.5. The van der Waals surface area contributed by atoms with Gasteiger partial charge in [-0.15, -0.1) is 0 Å². The molecule has 1 atom stereocenters. The molecule has 1 aliphatic heterocycles. The van der Waals surface area contributed by atoms with Crippen LogP contribution in [0.2, 0.25) is 0 Å². The monoisotopic (exact) mass is 399 g/mol. The average molecular weight is 399 g/mol. The number of benzene rings is 3. The van der Waals surface area contributed by atoms with Gasteiger partial charge in [0.05, 0.1) is 18.2 Å². The van der Waals surface area contributed by atoms with E-state index in [1.807, 2.05) is 55.5 Å². The third kappa shape index (κ3) is 3.46. The summed E-state index contributed by atoms with van der Waals surface area (Å²) in [6.07, 6.45) is 0. The van der Waals surface area contributed by atoms with E-state index in [4.69, 9.17) is 4.74 Å². The summed E-state index contributed by atoms with van der Waals surface area (Å²) in [5, 5.41) is 11.1. The minimum absolute atomic E-state index is 0.0687. The topological polar surface area (TPSA) is 66.8 Å². The summed E-state index contributed by atoms with van der Waals surface area (Å²) in [6.45, 7) is 2.42. The highest BCUT2D eigenvalue weighted by Crippen LogP contribution is 2.42. The highest BCUT2D eigenvalue weighted by molar-refractivity contribution is 6.51. The van der Waals surface area contributed by atoms with E-state index in [2.05, 4.69) is 0 Å². The minimum Gasteiger partial charge on any atom is -0.507 e. The van der Waals surface area contributed by atoms with Gasteiger partial charge in [0.2, 0.25) is 0 Å². The molecule has 5 nitrogen and oxygen atoms in total. The fourth-order valence-electron chi connectivity index (χ4n) is 3.67. The first-order valence-corrected chi connectivity index (χ1v) is 9.76. The molecule has 5 heteroatoms. The third-order valence-corrected chi connectivity index (χ3v) is 5.03. The second-order valence-corrected chi connectivity index (χ2v) is 6.87. The van der Waals surface area contributed by atoms with Gasteiger partial charge in [-0.1, -0.05) is 48.5 Å². The molecule has 150 valence electrons. The molecule has 0 spiro atoms. The molecule has 0 aromatic heterocycles. The number of aliphatic hydroxyl groups is 1. The number of carbonyl (C=O) groups excluding carboxylic acids is 2. The number of carbonyl (C=O) groups is 2. The standard InChI is InChI=1S/C25H21NO4/c1-2-30-20-15-13-18(14-16-20)23(27)21-22(17-9-5-3-6-10-17)26(25(29)24(21)28)19-11-7-4-8-12-19/h3-16,22,27H,2H2,1H3/b23-21+/t22-/m1/s1. The van der Waals surface area contributed by atoms with Crippen LogP contribution >= 0.6 is 0 Å². The second-order valence-electron chi connectivity index (χ2n) is 6.87. The molecular formula is C25H21NO4. The molecule has 3 aromatic carbocycles. The van der Waals surface area contributed by atoms with Crippen molar-refractivity contribution in [3.63, 3.8) is 0 Å². The van der Waals surface area contributed by atoms with Crippen LogP contribution in [0, 0.1) is 0 Å².